The maximum absolute atomic E-state index is 12.0. The normalized spacial score (nSPS) is 14.2. The van der Waals surface area contributed by atoms with Crippen LogP contribution in [0.4, 0.5) is 0 Å². The molecule has 2 aromatic rings. The number of carbonyl (C=O) groups excluding carboxylic acids is 1. The van der Waals surface area contributed by atoms with Crippen LogP contribution in [0.15, 0.2) is 36.4 Å². The van der Waals surface area contributed by atoms with Crippen molar-refractivity contribution >= 4 is 5.91 Å². The molecule has 0 aliphatic rings. The first-order valence-corrected chi connectivity index (χ1v) is 20.4. The van der Waals surface area contributed by atoms with Crippen LogP contribution in [0.25, 0.3) is 0 Å². The monoisotopic (exact) mass is 783 g/mol. The van der Waals surface area contributed by atoms with E-state index in [1.807, 2.05) is 37.4 Å². The summed E-state index contributed by atoms with van der Waals surface area (Å²) in [6, 6.07) is 13.1. The number of ether oxygens (including phenoxy) is 4. The Hall–Kier alpha value is -4.24. The predicted molar refractivity (Wildman–Crippen MR) is 221 cm³/mol. The zero-order valence-electron chi connectivity index (χ0n) is 36.0. The molecule has 3 atom stereocenters. The van der Waals surface area contributed by atoms with E-state index in [2.05, 4.69) is 23.2 Å². The molecule has 2 aromatic carbocycles. The largest absolute Gasteiger partial charge is 0.493 e. The van der Waals surface area contributed by atoms with Crippen molar-refractivity contribution in [3.63, 3.8) is 0 Å². The zero-order valence-corrected chi connectivity index (χ0v) is 36.0. The van der Waals surface area contributed by atoms with Crippen molar-refractivity contribution < 1.29 is 33.7 Å². The average Bonchev–Trinajstić information content (AvgIpc) is 3.15. The minimum atomic E-state index is -1.81. The lowest BCUT2D eigenvalue weighted by Crippen LogP contribution is -2.64. The second kappa shape index (κ2) is 23.7. The van der Waals surface area contributed by atoms with Crippen LogP contribution in [0.3, 0.4) is 0 Å². The molecule has 0 aliphatic heterocycles. The number of hydrogen-bond donors (Lipinski definition) is 1. The number of rotatable bonds is 28. The molecule has 1 amide bonds. The quantitative estimate of drug-likeness (QED) is 0.0383. The van der Waals surface area contributed by atoms with Gasteiger partial charge >= 0.3 is 0 Å². The van der Waals surface area contributed by atoms with Gasteiger partial charge in [0.2, 0.25) is 11.7 Å². The lowest BCUT2D eigenvalue weighted by molar-refractivity contribution is -0.800. The van der Waals surface area contributed by atoms with Gasteiger partial charge in [-0.3, -0.25) is 9.63 Å². The van der Waals surface area contributed by atoms with Crippen molar-refractivity contribution in [3.05, 3.63) is 57.6 Å². The first kappa shape index (κ1) is 47.9. The SMILES string of the molecule is CCCCCCCCCCCCC(C#N)(CCCN(C)CCc1ccccc1OC(O[N+](=O)[O-])(C(C)NC(C)=O)C(C)(C)C)c1cc(OC)c(OC)c(OC)c1. The number of hydrogen-bond acceptors (Lipinski definition) is 10. The third-order valence-corrected chi connectivity index (χ3v) is 10.8. The van der Waals surface area contributed by atoms with Crippen LogP contribution in [0.5, 0.6) is 23.0 Å². The van der Waals surface area contributed by atoms with Crippen molar-refractivity contribution in [1.29, 1.82) is 5.26 Å². The Bertz CT molecular complexity index is 1510. The molecule has 12 heteroatoms. The predicted octanol–water partition coefficient (Wildman–Crippen LogP) is 9.59. The van der Waals surface area contributed by atoms with Gasteiger partial charge < -0.3 is 29.2 Å². The summed E-state index contributed by atoms with van der Waals surface area (Å²) in [5.41, 5.74) is 0.0588. The maximum Gasteiger partial charge on any atom is 0.298 e. The molecular weight excluding hydrogens is 713 g/mol. The van der Waals surface area contributed by atoms with Gasteiger partial charge in [0.1, 0.15) is 5.75 Å². The number of methoxy groups -OCH3 is 3. The molecule has 0 saturated carbocycles. The smallest absolute Gasteiger partial charge is 0.298 e. The van der Waals surface area contributed by atoms with Crippen LogP contribution in [0, 0.1) is 26.9 Å². The van der Waals surface area contributed by atoms with Gasteiger partial charge in [0, 0.05) is 18.9 Å². The highest BCUT2D eigenvalue weighted by Gasteiger charge is 2.54. The summed E-state index contributed by atoms with van der Waals surface area (Å²) in [5, 5.41) is 24.6. The van der Waals surface area contributed by atoms with Crippen molar-refractivity contribution in [3.8, 4) is 29.1 Å². The van der Waals surface area contributed by atoms with Gasteiger partial charge in [-0.1, -0.05) is 110 Å². The van der Waals surface area contributed by atoms with Crippen LogP contribution >= 0.6 is 0 Å². The van der Waals surface area contributed by atoms with Crippen LogP contribution in [-0.4, -0.2) is 69.2 Å². The molecule has 0 spiro atoms. The minimum Gasteiger partial charge on any atom is -0.493 e. The molecule has 0 radical (unpaired) electrons. The number of carbonyl (C=O) groups is 1. The number of benzene rings is 2. The van der Waals surface area contributed by atoms with E-state index in [1.54, 1.807) is 55.1 Å². The van der Waals surface area contributed by atoms with Crippen molar-refractivity contribution in [2.75, 3.05) is 41.5 Å². The maximum atomic E-state index is 12.0. The van der Waals surface area contributed by atoms with Gasteiger partial charge in [0.15, 0.2) is 11.5 Å². The van der Waals surface area contributed by atoms with Crippen LogP contribution in [0.1, 0.15) is 136 Å². The molecule has 314 valence electrons. The van der Waals surface area contributed by atoms with Crippen LogP contribution in [0.2, 0.25) is 0 Å². The van der Waals surface area contributed by atoms with Crippen LogP contribution in [-0.2, 0) is 21.5 Å². The Labute approximate surface area is 336 Å². The Morgan fingerprint density at radius 2 is 1.43 bits per heavy atom. The fourth-order valence-electron chi connectivity index (χ4n) is 7.55. The van der Waals surface area contributed by atoms with Gasteiger partial charge in [-0.25, -0.2) is 0 Å². The van der Waals surface area contributed by atoms with E-state index >= 15 is 0 Å². The Balaban J connectivity index is 2.23. The van der Waals surface area contributed by atoms with E-state index in [9.17, 15) is 20.2 Å². The molecule has 0 saturated heterocycles. The molecule has 56 heavy (non-hydrogen) atoms. The summed E-state index contributed by atoms with van der Waals surface area (Å²) in [5.74, 6) is -0.154. The van der Waals surface area contributed by atoms with Crippen LogP contribution < -0.4 is 24.3 Å². The first-order valence-electron chi connectivity index (χ1n) is 20.4. The molecule has 0 aromatic heterocycles. The number of nitrogens with zero attached hydrogens (tertiary/aromatic N) is 3. The second-order valence-electron chi connectivity index (χ2n) is 16.1. The minimum absolute atomic E-state index is 0.356. The number of unbranched alkanes of at least 4 members (excludes halogenated alkanes) is 9. The number of nitriles is 1. The molecule has 1 N–H and O–H groups in total. The second-order valence-corrected chi connectivity index (χ2v) is 16.1. The van der Waals surface area contributed by atoms with E-state index in [0.717, 1.165) is 43.4 Å². The molecule has 0 bridgehead atoms. The van der Waals surface area contributed by atoms with Gasteiger partial charge in [0.25, 0.3) is 10.9 Å². The Morgan fingerprint density at radius 3 is 1.93 bits per heavy atom. The first-order chi connectivity index (χ1) is 26.6. The Morgan fingerprint density at radius 1 is 0.875 bits per heavy atom. The summed E-state index contributed by atoms with van der Waals surface area (Å²) in [6.07, 6.45) is 15.0. The summed E-state index contributed by atoms with van der Waals surface area (Å²) in [4.78, 5) is 31.4. The summed E-state index contributed by atoms with van der Waals surface area (Å²) in [7, 11) is 6.82. The van der Waals surface area contributed by atoms with Gasteiger partial charge in [-0.2, -0.15) is 5.26 Å². The molecule has 0 heterocycles. The lowest BCUT2D eigenvalue weighted by Gasteiger charge is -2.46. The van der Waals surface area contributed by atoms with Crippen molar-refractivity contribution in [2.45, 2.75) is 149 Å². The molecule has 0 fully saturated rings. The van der Waals surface area contributed by atoms with E-state index < -0.39 is 27.7 Å². The summed E-state index contributed by atoms with van der Waals surface area (Å²) in [6.45, 7) is 12.0. The number of amides is 1. The van der Waals surface area contributed by atoms with Crippen molar-refractivity contribution in [1.82, 2.24) is 10.2 Å². The summed E-state index contributed by atoms with van der Waals surface area (Å²) >= 11 is 0. The van der Waals surface area contributed by atoms with Gasteiger partial charge in [-0.05, 0) is 75.5 Å². The average molecular weight is 783 g/mol. The molecule has 12 nitrogen and oxygen atoms in total. The number of para-hydroxylation sites is 1. The number of likely N-dealkylation sites (N-methyl/N-ethyl adjacent to an activating group) is 1. The molecule has 3 unspecified atom stereocenters. The van der Waals surface area contributed by atoms with Crippen molar-refractivity contribution in [2.24, 2.45) is 5.41 Å². The topological polar surface area (TPSA) is 145 Å². The standard InChI is InChI=1S/C44H70N4O8/c1-11-12-13-14-15-16-17-18-19-22-27-43(33-45,37-31-39(52-8)41(54-10)40(32-37)53-9)28-23-29-47(7)30-26-36-24-20-21-25-38(36)55-44(42(4,5)6,56-48(50)51)34(2)46-35(3)49/h20-21,24-25,31-32,34H,11-19,22-23,26-30H2,1-10H3,(H,46,49). The molecular formula is C44H70N4O8. The molecule has 0 aliphatic carbocycles. The third-order valence-electron chi connectivity index (χ3n) is 10.8. The highest BCUT2D eigenvalue weighted by molar-refractivity contribution is 5.73. The van der Waals surface area contributed by atoms with E-state index in [4.69, 9.17) is 23.8 Å². The van der Waals surface area contributed by atoms with E-state index in [0.29, 0.717) is 42.4 Å². The van der Waals surface area contributed by atoms with Gasteiger partial charge in [0.05, 0.1) is 38.9 Å². The number of nitrogens with one attached hydrogen (secondary N) is 1. The fourth-order valence-corrected chi connectivity index (χ4v) is 7.55. The van der Waals surface area contributed by atoms with E-state index in [-0.39, 0.29) is 5.91 Å². The highest BCUT2D eigenvalue weighted by atomic mass is 17.0. The summed E-state index contributed by atoms with van der Waals surface area (Å²) < 4.78 is 23.5. The van der Waals surface area contributed by atoms with E-state index in [1.165, 1.54) is 58.3 Å². The molecule has 2 rings (SSSR count). The zero-order chi connectivity index (χ0) is 41.8. The fraction of sp³-hybridized carbons (Fsp3) is 0.682. The Kier molecular flexibility index (Phi) is 20.3. The highest BCUT2D eigenvalue weighted by Crippen LogP contribution is 2.45. The lowest BCUT2D eigenvalue weighted by atomic mass is 9.73. The van der Waals surface area contributed by atoms with Gasteiger partial charge in [-0.15, -0.1) is 10.1 Å². The third kappa shape index (κ3) is 14.1.